The molecule has 28 heavy (non-hydrogen) atoms. The largest absolute Gasteiger partial charge is 0.340 e. The number of amides is 2. The van der Waals surface area contributed by atoms with Gasteiger partial charge < -0.3 is 10.6 Å². The summed E-state index contributed by atoms with van der Waals surface area (Å²) in [6, 6.07) is 21.3. The van der Waals surface area contributed by atoms with E-state index in [1.807, 2.05) is 61.5 Å². The van der Waals surface area contributed by atoms with Gasteiger partial charge in [0.25, 0.3) is 5.91 Å². The summed E-state index contributed by atoms with van der Waals surface area (Å²) in [6.07, 6.45) is 0.339. The fourth-order valence-electron chi connectivity index (χ4n) is 2.77. The van der Waals surface area contributed by atoms with Gasteiger partial charge in [-0.1, -0.05) is 48.0 Å². The molecule has 0 spiro atoms. The topological polar surface area (TPSA) is 58.2 Å². The number of hydrogen-bond donors (Lipinski definition) is 2. The fourth-order valence-corrected chi connectivity index (χ4v) is 2.77. The highest BCUT2D eigenvalue weighted by molar-refractivity contribution is 6.01. The van der Waals surface area contributed by atoms with Crippen LogP contribution in [0.1, 0.15) is 21.5 Å². The van der Waals surface area contributed by atoms with Crippen molar-refractivity contribution in [3.63, 3.8) is 0 Å². The Morgan fingerprint density at radius 3 is 2.18 bits per heavy atom. The maximum Gasteiger partial charge on any atom is 0.251 e. The molecule has 0 saturated heterocycles. The number of carbonyl (C=O) groups is 2. The summed E-state index contributed by atoms with van der Waals surface area (Å²) in [5, 5.41) is 5.60. The van der Waals surface area contributed by atoms with Crippen molar-refractivity contribution in [2.75, 3.05) is 5.32 Å². The molecule has 0 unspecified atom stereocenters. The lowest BCUT2D eigenvalue weighted by molar-refractivity contribution is -0.118. The van der Waals surface area contributed by atoms with Crippen LogP contribution < -0.4 is 10.6 Å². The molecule has 3 aromatic carbocycles. The molecule has 0 aromatic heterocycles. The monoisotopic (exact) mass is 376 g/mol. The zero-order chi connectivity index (χ0) is 19.9. The molecule has 4 nitrogen and oxygen atoms in total. The molecule has 0 aliphatic carbocycles. The minimum Gasteiger partial charge on any atom is -0.340 e. The van der Waals surface area contributed by atoms with E-state index >= 15 is 0 Å². The van der Waals surface area contributed by atoms with Gasteiger partial charge in [0.15, 0.2) is 0 Å². The van der Waals surface area contributed by atoms with Gasteiger partial charge in [-0.25, -0.2) is 4.39 Å². The SMILES string of the molecule is Cc1ccc(NC(=O)[C@H](Cc2ccccc2)NC(=O)c2ccc(F)cc2)cc1. The van der Waals surface area contributed by atoms with Crippen LogP contribution in [0.15, 0.2) is 78.9 Å². The van der Waals surface area contributed by atoms with E-state index in [1.54, 1.807) is 0 Å². The van der Waals surface area contributed by atoms with Crippen LogP contribution in [0.4, 0.5) is 10.1 Å². The number of anilines is 1. The smallest absolute Gasteiger partial charge is 0.251 e. The minimum atomic E-state index is -0.777. The minimum absolute atomic E-state index is 0.294. The van der Waals surface area contributed by atoms with Crippen LogP contribution in [0, 0.1) is 12.7 Å². The lowest BCUT2D eigenvalue weighted by atomic mass is 10.0. The predicted molar refractivity (Wildman–Crippen MR) is 108 cm³/mol. The molecule has 0 aliphatic rings. The second kappa shape index (κ2) is 8.95. The van der Waals surface area contributed by atoms with E-state index < -0.39 is 17.8 Å². The van der Waals surface area contributed by atoms with E-state index in [-0.39, 0.29) is 5.91 Å². The molecular formula is C23H21FN2O2. The first kappa shape index (κ1) is 19.3. The number of rotatable bonds is 6. The van der Waals surface area contributed by atoms with Crippen LogP contribution >= 0.6 is 0 Å². The van der Waals surface area contributed by atoms with Gasteiger partial charge >= 0.3 is 0 Å². The Labute approximate surface area is 163 Å². The van der Waals surface area contributed by atoms with E-state index in [1.165, 1.54) is 24.3 Å². The standard InChI is InChI=1S/C23H21FN2O2/c1-16-7-13-20(14-8-16)25-23(28)21(15-17-5-3-2-4-6-17)26-22(27)18-9-11-19(24)12-10-18/h2-14,21H,15H2,1H3,(H,25,28)(H,26,27)/t21-/m0/s1. The molecule has 3 aromatic rings. The van der Waals surface area contributed by atoms with Crippen LogP contribution in [0.2, 0.25) is 0 Å². The molecule has 0 fully saturated rings. The van der Waals surface area contributed by atoms with Crippen molar-refractivity contribution in [1.29, 1.82) is 0 Å². The molecule has 1 atom stereocenters. The van der Waals surface area contributed by atoms with Crippen LogP contribution in [0.3, 0.4) is 0 Å². The molecular weight excluding hydrogens is 355 g/mol. The van der Waals surface area contributed by atoms with Crippen molar-refractivity contribution in [3.8, 4) is 0 Å². The summed E-state index contributed by atoms with van der Waals surface area (Å²) < 4.78 is 13.1. The first-order chi connectivity index (χ1) is 13.5. The predicted octanol–water partition coefficient (Wildman–Crippen LogP) is 4.11. The van der Waals surface area contributed by atoms with E-state index in [2.05, 4.69) is 10.6 Å². The zero-order valence-corrected chi connectivity index (χ0v) is 15.5. The van der Waals surface area contributed by atoms with E-state index in [9.17, 15) is 14.0 Å². The molecule has 2 N–H and O–H groups in total. The number of nitrogens with one attached hydrogen (secondary N) is 2. The first-order valence-corrected chi connectivity index (χ1v) is 8.99. The van der Waals surface area contributed by atoms with Crippen molar-refractivity contribution in [2.45, 2.75) is 19.4 Å². The summed E-state index contributed by atoms with van der Waals surface area (Å²) in [7, 11) is 0. The molecule has 0 radical (unpaired) electrons. The van der Waals surface area contributed by atoms with E-state index in [0.29, 0.717) is 17.7 Å². The average molecular weight is 376 g/mol. The van der Waals surface area contributed by atoms with Crippen LogP contribution in [0.5, 0.6) is 0 Å². The van der Waals surface area contributed by atoms with Crippen molar-refractivity contribution >= 4 is 17.5 Å². The number of aryl methyl sites for hydroxylation is 1. The Morgan fingerprint density at radius 1 is 0.893 bits per heavy atom. The van der Waals surface area contributed by atoms with Gasteiger partial charge in [0.05, 0.1) is 0 Å². The maximum atomic E-state index is 13.1. The summed E-state index contributed by atoms with van der Waals surface area (Å²) in [5.74, 6) is -1.17. The van der Waals surface area contributed by atoms with E-state index in [4.69, 9.17) is 0 Å². The summed E-state index contributed by atoms with van der Waals surface area (Å²) in [5.41, 5.74) is 2.96. The summed E-state index contributed by atoms with van der Waals surface area (Å²) in [4.78, 5) is 25.4. The quantitative estimate of drug-likeness (QED) is 0.680. The zero-order valence-electron chi connectivity index (χ0n) is 15.5. The molecule has 3 rings (SSSR count). The third kappa shape index (κ3) is 5.27. The van der Waals surface area contributed by atoms with Gasteiger partial charge in [-0.3, -0.25) is 9.59 Å². The van der Waals surface area contributed by atoms with Crippen LogP contribution in [-0.4, -0.2) is 17.9 Å². The molecule has 0 saturated carbocycles. The van der Waals surface area contributed by atoms with Crippen molar-refractivity contribution in [3.05, 3.63) is 101 Å². The van der Waals surface area contributed by atoms with Crippen molar-refractivity contribution < 1.29 is 14.0 Å². The molecule has 5 heteroatoms. The molecule has 0 heterocycles. The maximum absolute atomic E-state index is 13.1. The normalized spacial score (nSPS) is 11.5. The highest BCUT2D eigenvalue weighted by atomic mass is 19.1. The summed E-state index contributed by atoms with van der Waals surface area (Å²) in [6.45, 7) is 1.97. The van der Waals surface area contributed by atoms with Gasteiger partial charge in [0.1, 0.15) is 11.9 Å². The third-order valence-corrected chi connectivity index (χ3v) is 4.33. The second-order valence-corrected chi connectivity index (χ2v) is 6.58. The van der Waals surface area contributed by atoms with Gasteiger partial charge in [0.2, 0.25) is 5.91 Å². The Morgan fingerprint density at radius 2 is 1.54 bits per heavy atom. The second-order valence-electron chi connectivity index (χ2n) is 6.58. The number of halogens is 1. The summed E-state index contributed by atoms with van der Waals surface area (Å²) >= 11 is 0. The van der Waals surface area contributed by atoms with E-state index in [0.717, 1.165) is 11.1 Å². The number of hydrogen-bond acceptors (Lipinski definition) is 2. The Hall–Kier alpha value is -3.47. The molecule has 0 bridgehead atoms. The van der Waals surface area contributed by atoms with Gasteiger partial charge in [0, 0.05) is 17.7 Å². The van der Waals surface area contributed by atoms with Crippen LogP contribution in [0.25, 0.3) is 0 Å². The molecule has 2 amide bonds. The Kier molecular flexibility index (Phi) is 6.17. The van der Waals surface area contributed by atoms with Crippen LogP contribution in [-0.2, 0) is 11.2 Å². The fraction of sp³-hybridized carbons (Fsp3) is 0.130. The third-order valence-electron chi connectivity index (χ3n) is 4.33. The molecule has 0 aliphatic heterocycles. The Bertz CT molecular complexity index is 939. The number of carbonyl (C=O) groups excluding carboxylic acids is 2. The lowest BCUT2D eigenvalue weighted by Crippen LogP contribution is -2.45. The number of benzene rings is 3. The van der Waals surface area contributed by atoms with Gasteiger partial charge in [-0.15, -0.1) is 0 Å². The molecule has 142 valence electrons. The highest BCUT2D eigenvalue weighted by Gasteiger charge is 2.22. The van der Waals surface area contributed by atoms with Gasteiger partial charge in [-0.2, -0.15) is 0 Å². The Balaban J connectivity index is 1.77. The highest BCUT2D eigenvalue weighted by Crippen LogP contribution is 2.12. The average Bonchev–Trinajstić information content (AvgIpc) is 2.70. The first-order valence-electron chi connectivity index (χ1n) is 8.99. The van der Waals surface area contributed by atoms with Crippen molar-refractivity contribution in [2.24, 2.45) is 0 Å². The van der Waals surface area contributed by atoms with Gasteiger partial charge in [-0.05, 0) is 48.9 Å². The van der Waals surface area contributed by atoms with Crippen molar-refractivity contribution in [1.82, 2.24) is 5.32 Å². The lowest BCUT2D eigenvalue weighted by Gasteiger charge is -2.19.